The number of aromatic nitrogens is 4. The normalized spacial score (nSPS) is 17.1. The smallest absolute Gasteiger partial charge is 0.291 e. The highest BCUT2D eigenvalue weighted by Gasteiger charge is 2.27. The van der Waals surface area contributed by atoms with Crippen molar-refractivity contribution in [1.29, 1.82) is 0 Å². The Hall–Kier alpha value is -2.28. The second kappa shape index (κ2) is 6.32. The van der Waals surface area contributed by atoms with Crippen LogP contribution in [0.5, 0.6) is 0 Å². The largest absolute Gasteiger partial charge is 0.367 e. The fourth-order valence-corrected chi connectivity index (χ4v) is 2.94. The SMILES string of the molecule is O=C(c1ncc(Cl)cn1)N1CCc2ncnc(NC3CC3)c2CC1. The first-order chi connectivity index (χ1) is 11.7. The van der Waals surface area contributed by atoms with Gasteiger partial charge < -0.3 is 10.2 Å². The Morgan fingerprint density at radius 2 is 1.88 bits per heavy atom. The van der Waals surface area contributed by atoms with Gasteiger partial charge >= 0.3 is 0 Å². The molecule has 8 heteroatoms. The Bertz CT molecular complexity index is 762. The van der Waals surface area contributed by atoms with Gasteiger partial charge in [-0.25, -0.2) is 19.9 Å². The van der Waals surface area contributed by atoms with Crippen molar-refractivity contribution in [3.63, 3.8) is 0 Å². The van der Waals surface area contributed by atoms with Crippen molar-refractivity contribution >= 4 is 23.3 Å². The maximum Gasteiger partial charge on any atom is 0.291 e. The molecule has 3 heterocycles. The first-order valence-electron chi connectivity index (χ1n) is 8.07. The Morgan fingerprint density at radius 3 is 2.62 bits per heavy atom. The number of hydrogen-bond acceptors (Lipinski definition) is 6. The number of rotatable bonds is 3. The minimum absolute atomic E-state index is 0.174. The van der Waals surface area contributed by atoms with Gasteiger partial charge in [-0.05, 0) is 19.3 Å². The zero-order valence-corrected chi connectivity index (χ0v) is 13.8. The van der Waals surface area contributed by atoms with Crippen molar-refractivity contribution in [2.45, 2.75) is 31.7 Å². The quantitative estimate of drug-likeness (QED) is 0.913. The van der Waals surface area contributed by atoms with Crippen LogP contribution in [-0.2, 0) is 12.8 Å². The molecule has 1 aliphatic carbocycles. The Morgan fingerprint density at radius 1 is 1.12 bits per heavy atom. The Labute approximate surface area is 144 Å². The van der Waals surface area contributed by atoms with Crippen LogP contribution >= 0.6 is 11.6 Å². The third kappa shape index (κ3) is 3.17. The molecule has 0 radical (unpaired) electrons. The monoisotopic (exact) mass is 344 g/mol. The molecule has 24 heavy (non-hydrogen) atoms. The standard InChI is InChI=1S/C16H17ClN6O/c17-10-7-18-15(19-8-10)16(24)23-5-3-12-13(4-6-23)20-9-21-14(12)22-11-1-2-11/h7-9,11H,1-6H2,(H,20,21,22). The molecule has 2 aromatic rings. The van der Waals surface area contributed by atoms with Gasteiger partial charge in [0.25, 0.3) is 5.91 Å². The summed E-state index contributed by atoms with van der Waals surface area (Å²) in [5, 5.41) is 3.88. The summed E-state index contributed by atoms with van der Waals surface area (Å²) in [7, 11) is 0. The van der Waals surface area contributed by atoms with Gasteiger partial charge in [-0.1, -0.05) is 11.6 Å². The van der Waals surface area contributed by atoms with Gasteiger partial charge in [-0.2, -0.15) is 0 Å². The van der Waals surface area contributed by atoms with Crippen LogP contribution in [0.1, 0.15) is 34.7 Å². The van der Waals surface area contributed by atoms with Crippen LogP contribution < -0.4 is 5.32 Å². The third-order valence-corrected chi connectivity index (χ3v) is 4.50. The van der Waals surface area contributed by atoms with E-state index in [4.69, 9.17) is 11.6 Å². The van der Waals surface area contributed by atoms with Crippen LogP contribution in [0.4, 0.5) is 5.82 Å². The lowest BCUT2D eigenvalue weighted by Crippen LogP contribution is -2.34. The van der Waals surface area contributed by atoms with Crippen molar-refractivity contribution in [2.75, 3.05) is 18.4 Å². The maximum atomic E-state index is 12.6. The van der Waals surface area contributed by atoms with Gasteiger partial charge in [-0.15, -0.1) is 0 Å². The van der Waals surface area contributed by atoms with Crippen LogP contribution in [0.2, 0.25) is 5.02 Å². The van der Waals surface area contributed by atoms with Crippen LogP contribution in [0, 0.1) is 0 Å². The molecule has 0 bridgehead atoms. The first-order valence-corrected chi connectivity index (χ1v) is 8.44. The second-order valence-electron chi connectivity index (χ2n) is 6.08. The number of nitrogens with zero attached hydrogens (tertiary/aromatic N) is 5. The highest BCUT2D eigenvalue weighted by Crippen LogP contribution is 2.27. The Balaban J connectivity index is 1.52. The number of hydrogen-bond donors (Lipinski definition) is 1. The summed E-state index contributed by atoms with van der Waals surface area (Å²) in [5.74, 6) is 0.913. The molecule has 1 saturated carbocycles. The van der Waals surface area contributed by atoms with Gasteiger partial charge in [0, 0.05) is 43.5 Å². The molecule has 2 aliphatic rings. The number of carbonyl (C=O) groups excluding carboxylic acids is 1. The first kappa shape index (κ1) is 15.3. The van der Waals surface area contributed by atoms with Gasteiger partial charge in [0.2, 0.25) is 5.82 Å². The molecule has 7 nitrogen and oxygen atoms in total. The van der Waals surface area contributed by atoms with Gasteiger partial charge in [0.05, 0.1) is 10.7 Å². The Kier molecular flexibility index (Phi) is 4.02. The van der Waals surface area contributed by atoms with Crippen molar-refractivity contribution < 1.29 is 4.79 Å². The summed E-state index contributed by atoms with van der Waals surface area (Å²) in [6.45, 7) is 1.20. The molecule has 2 aromatic heterocycles. The lowest BCUT2D eigenvalue weighted by atomic mass is 10.1. The zero-order chi connectivity index (χ0) is 16.5. The fourth-order valence-electron chi connectivity index (χ4n) is 2.84. The molecular formula is C16H17ClN6O. The molecule has 0 spiro atoms. The number of nitrogens with one attached hydrogen (secondary N) is 1. The molecule has 1 amide bonds. The minimum atomic E-state index is -0.177. The summed E-state index contributed by atoms with van der Waals surface area (Å²) in [4.78, 5) is 31.2. The summed E-state index contributed by atoms with van der Waals surface area (Å²) in [6.07, 6.45) is 8.30. The zero-order valence-electron chi connectivity index (χ0n) is 13.1. The van der Waals surface area contributed by atoms with Gasteiger partial charge in [0.15, 0.2) is 0 Å². The topological polar surface area (TPSA) is 83.9 Å². The van der Waals surface area contributed by atoms with E-state index >= 15 is 0 Å². The molecule has 0 aromatic carbocycles. The van der Waals surface area contributed by atoms with E-state index in [2.05, 4.69) is 25.3 Å². The predicted molar refractivity (Wildman–Crippen MR) is 89.0 cm³/mol. The molecule has 1 fully saturated rings. The minimum Gasteiger partial charge on any atom is -0.367 e. The molecule has 0 atom stereocenters. The van der Waals surface area contributed by atoms with Crippen molar-refractivity contribution in [2.24, 2.45) is 0 Å². The van der Waals surface area contributed by atoms with E-state index in [1.807, 2.05) is 0 Å². The van der Waals surface area contributed by atoms with Gasteiger partial charge in [0.1, 0.15) is 12.1 Å². The van der Waals surface area contributed by atoms with E-state index in [1.54, 1.807) is 11.2 Å². The summed E-state index contributed by atoms with van der Waals surface area (Å²) >= 11 is 5.78. The second-order valence-corrected chi connectivity index (χ2v) is 6.52. The lowest BCUT2D eigenvalue weighted by molar-refractivity contribution is 0.0750. The molecule has 4 rings (SSSR count). The molecule has 1 N–H and O–H groups in total. The van der Waals surface area contributed by atoms with E-state index in [0.29, 0.717) is 30.6 Å². The van der Waals surface area contributed by atoms with Crippen molar-refractivity contribution in [3.05, 3.63) is 40.8 Å². The molecule has 0 unspecified atom stereocenters. The van der Waals surface area contributed by atoms with Crippen LogP contribution in [-0.4, -0.2) is 49.9 Å². The maximum absolute atomic E-state index is 12.6. The fraction of sp³-hybridized carbons (Fsp3) is 0.438. The average Bonchev–Trinajstić information content (AvgIpc) is 3.41. The lowest BCUT2D eigenvalue weighted by Gasteiger charge is -2.19. The molecular weight excluding hydrogens is 328 g/mol. The number of halogens is 1. The van der Waals surface area contributed by atoms with E-state index < -0.39 is 0 Å². The molecule has 124 valence electrons. The van der Waals surface area contributed by atoms with Gasteiger partial charge in [-0.3, -0.25) is 4.79 Å². The highest BCUT2D eigenvalue weighted by molar-refractivity contribution is 6.30. The number of carbonyl (C=O) groups is 1. The summed E-state index contributed by atoms with van der Waals surface area (Å²) in [6, 6.07) is 0.535. The van der Waals surface area contributed by atoms with E-state index in [-0.39, 0.29) is 11.7 Å². The van der Waals surface area contributed by atoms with E-state index in [9.17, 15) is 4.79 Å². The van der Waals surface area contributed by atoms with Crippen LogP contribution in [0.25, 0.3) is 0 Å². The number of anilines is 1. The predicted octanol–water partition coefficient (Wildman–Crippen LogP) is 1.74. The molecule has 0 saturated heterocycles. The average molecular weight is 345 g/mol. The number of amides is 1. The molecule has 1 aliphatic heterocycles. The van der Waals surface area contributed by atoms with Crippen LogP contribution in [0.15, 0.2) is 18.7 Å². The van der Waals surface area contributed by atoms with E-state index in [0.717, 1.165) is 23.5 Å². The number of fused-ring (bicyclic) bond motifs is 1. The van der Waals surface area contributed by atoms with Crippen molar-refractivity contribution in [1.82, 2.24) is 24.8 Å². The van der Waals surface area contributed by atoms with Crippen LogP contribution in [0.3, 0.4) is 0 Å². The van der Waals surface area contributed by atoms with Crippen molar-refractivity contribution in [3.8, 4) is 0 Å². The summed E-state index contributed by atoms with van der Waals surface area (Å²) in [5.41, 5.74) is 2.14. The summed E-state index contributed by atoms with van der Waals surface area (Å²) < 4.78 is 0. The van der Waals surface area contributed by atoms with E-state index in [1.165, 1.54) is 25.2 Å². The highest BCUT2D eigenvalue weighted by atomic mass is 35.5. The third-order valence-electron chi connectivity index (χ3n) is 4.30.